The smallest absolute Gasteiger partial charge is 0.337 e. The lowest BCUT2D eigenvalue weighted by atomic mass is 10.1. The van der Waals surface area contributed by atoms with Crippen molar-refractivity contribution in [3.63, 3.8) is 0 Å². The Morgan fingerprint density at radius 3 is 2.52 bits per heavy atom. The number of rotatable bonds is 1. The summed E-state index contributed by atoms with van der Waals surface area (Å²) in [4.78, 5) is 20.6. The fraction of sp³-hybridized carbons (Fsp3) is 0.105. The van der Waals surface area contributed by atoms with Crippen molar-refractivity contribution in [2.45, 2.75) is 6.92 Å². The molecule has 0 aliphatic carbocycles. The zero-order valence-corrected chi connectivity index (χ0v) is 12.8. The van der Waals surface area contributed by atoms with Gasteiger partial charge in [-0.3, -0.25) is 0 Å². The van der Waals surface area contributed by atoms with Crippen molar-refractivity contribution in [2.24, 2.45) is 0 Å². The number of carbonyl (C=O) groups excluding carboxylic acids is 1. The van der Waals surface area contributed by atoms with Crippen molar-refractivity contribution < 1.29 is 9.53 Å². The van der Waals surface area contributed by atoms with Crippen molar-refractivity contribution in [2.75, 3.05) is 7.11 Å². The third kappa shape index (κ3) is 3.19. The van der Waals surface area contributed by atoms with Crippen LogP contribution in [0.3, 0.4) is 0 Å². The molecule has 112 valence electrons. The molecule has 0 N–H and O–H groups in total. The minimum Gasteiger partial charge on any atom is -0.465 e. The van der Waals surface area contributed by atoms with Gasteiger partial charge in [-0.1, -0.05) is 24.1 Å². The molecule has 0 unspecified atom stereocenters. The molecule has 0 fully saturated rings. The third-order valence-corrected chi connectivity index (χ3v) is 3.36. The second-order valence-corrected chi connectivity index (χ2v) is 4.97. The monoisotopic (exact) mass is 302 g/mol. The Bertz CT molecular complexity index is 938. The molecule has 0 bridgehead atoms. The molecular weight excluding hydrogens is 288 g/mol. The molecule has 4 nitrogen and oxygen atoms in total. The first-order valence-electron chi connectivity index (χ1n) is 7.11. The number of methoxy groups -OCH3 is 1. The minimum absolute atomic E-state index is 0.390. The van der Waals surface area contributed by atoms with E-state index in [9.17, 15) is 4.79 Å². The van der Waals surface area contributed by atoms with Gasteiger partial charge in [0.2, 0.25) is 0 Å². The largest absolute Gasteiger partial charge is 0.465 e. The van der Waals surface area contributed by atoms with Crippen molar-refractivity contribution >= 4 is 17.0 Å². The van der Waals surface area contributed by atoms with Crippen LogP contribution in [-0.2, 0) is 4.74 Å². The van der Waals surface area contributed by atoms with Crippen molar-refractivity contribution in [1.29, 1.82) is 0 Å². The lowest BCUT2D eigenvalue weighted by Crippen LogP contribution is -2.02. The zero-order valence-electron chi connectivity index (χ0n) is 12.8. The number of aromatic nitrogens is 2. The molecule has 1 heterocycles. The summed E-state index contributed by atoms with van der Waals surface area (Å²) in [6, 6.07) is 14.8. The third-order valence-electron chi connectivity index (χ3n) is 3.36. The maximum absolute atomic E-state index is 11.6. The van der Waals surface area contributed by atoms with Crippen LogP contribution in [0.15, 0.2) is 48.5 Å². The first kappa shape index (κ1) is 14.7. The Morgan fingerprint density at radius 1 is 1.00 bits per heavy atom. The second-order valence-electron chi connectivity index (χ2n) is 4.97. The van der Waals surface area contributed by atoms with Gasteiger partial charge in [0.05, 0.1) is 29.4 Å². The highest BCUT2D eigenvalue weighted by atomic mass is 16.5. The summed E-state index contributed by atoms with van der Waals surface area (Å²) in [7, 11) is 1.35. The van der Waals surface area contributed by atoms with Crippen LogP contribution in [0.1, 0.15) is 27.3 Å². The normalized spacial score (nSPS) is 10.0. The van der Waals surface area contributed by atoms with E-state index < -0.39 is 0 Å². The molecule has 2 aromatic carbocycles. The van der Waals surface area contributed by atoms with Crippen molar-refractivity contribution in [1.82, 2.24) is 9.97 Å². The number of esters is 1. The molecular formula is C19H14N2O2. The molecule has 0 saturated heterocycles. The van der Waals surface area contributed by atoms with Crippen LogP contribution in [0.4, 0.5) is 0 Å². The molecule has 23 heavy (non-hydrogen) atoms. The van der Waals surface area contributed by atoms with Crippen LogP contribution in [0, 0.1) is 18.8 Å². The molecule has 0 spiro atoms. The molecule has 0 atom stereocenters. The van der Waals surface area contributed by atoms with Crippen LogP contribution >= 0.6 is 0 Å². The van der Waals surface area contributed by atoms with Gasteiger partial charge in [0, 0.05) is 5.56 Å². The average Bonchev–Trinajstić information content (AvgIpc) is 2.59. The van der Waals surface area contributed by atoms with E-state index in [2.05, 4.69) is 21.8 Å². The lowest BCUT2D eigenvalue weighted by molar-refractivity contribution is 0.0601. The average molecular weight is 302 g/mol. The molecule has 0 saturated carbocycles. The lowest BCUT2D eigenvalue weighted by Gasteiger charge is -2.03. The summed E-state index contributed by atoms with van der Waals surface area (Å²) in [5, 5.41) is 0. The van der Waals surface area contributed by atoms with E-state index in [1.54, 1.807) is 18.2 Å². The summed E-state index contributed by atoms with van der Waals surface area (Å²) in [6.45, 7) is 1.85. The zero-order chi connectivity index (χ0) is 16.2. The fourth-order valence-electron chi connectivity index (χ4n) is 2.16. The van der Waals surface area contributed by atoms with Crippen LogP contribution in [0.2, 0.25) is 0 Å². The van der Waals surface area contributed by atoms with Gasteiger partial charge in [-0.05, 0) is 43.2 Å². The summed E-state index contributed by atoms with van der Waals surface area (Å²) in [5.74, 6) is 5.74. The Kier molecular flexibility index (Phi) is 4.03. The van der Waals surface area contributed by atoms with Crippen LogP contribution in [-0.4, -0.2) is 23.0 Å². The highest BCUT2D eigenvalue weighted by Gasteiger charge is 2.09. The van der Waals surface area contributed by atoms with Crippen molar-refractivity contribution in [3.8, 4) is 11.8 Å². The van der Waals surface area contributed by atoms with Gasteiger partial charge in [-0.25, -0.2) is 14.8 Å². The summed E-state index contributed by atoms with van der Waals surface area (Å²) in [6.07, 6.45) is 0. The van der Waals surface area contributed by atoms with E-state index in [4.69, 9.17) is 4.74 Å². The molecule has 3 aromatic rings. The first-order valence-corrected chi connectivity index (χ1v) is 7.11. The molecule has 0 aliphatic heterocycles. The topological polar surface area (TPSA) is 52.1 Å². The van der Waals surface area contributed by atoms with Gasteiger partial charge in [-0.15, -0.1) is 0 Å². The molecule has 0 aliphatic rings. The first-order chi connectivity index (χ1) is 11.2. The molecule has 0 radical (unpaired) electrons. The van der Waals surface area contributed by atoms with Crippen molar-refractivity contribution in [3.05, 3.63) is 71.0 Å². The highest BCUT2D eigenvalue weighted by molar-refractivity contribution is 5.93. The van der Waals surface area contributed by atoms with E-state index in [-0.39, 0.29) is 5.97 Å². The van der Waals surface area contributed by atoms with Gasteiger partial charge in [0.15, 0.2) is 0 Å². The predicted molar refractivity (Wildman–Crippen MR) is 88.0 cm³/mol. The van der Waals surface area contributed by atoms with Gasteiger partial charge < -0.3 is 4.74 Å². The van der Waals surface area contributed by atoms with Gasteiger partial charge in [-0.2, -0.15) is 0 Å². The maximum Gasteiger partial charge on any atom is 0.337 e. The van der Waals surface area contributed by atoms with E-state index in [0.29, 0.717) is 22.3 Å². The molecule has 1 aromatic heterocycles. The molecule has 3 rings (SSSR count). The summed E-state index contributed by atoms with van der Waals surface area (Å²) >= 11 is 0. The molecule has 0 amide bonds. The fourth-order valence-corrected chi connectivity index (χ4v) is 2.16. The number of carbonyl (C=O) groups is 1. The maximum atomic E-state index is 11.6. The standard InChI is InChI=1S/C19H14N2O2/c1-13-16(10-8-14-6-4-3-5-7-14)21-17-11-9-15(19(22)23-2)12-18(17)20-13/h3-7,9,11-12H,1-2H3. The molecule has 4 heteroatoms. The van der Waals surface area contributed by atoms with Crippen LogP contribution in [0.25, 0.3) is 11.0 Å². The van der Waals surface area contributed by atoms with Gasteiger partial charge in [0.25, 0.3) is 0 Å². The number of ether oxygens (including phenoxy) is 1. The summed E-state index contributed by atoms with van der Waals surface area (Å²) in [5.41, 5.74) is 4.08. The SMILES string of the molecule is COC(=O)c1ccc2nc(C#Cc3ccccc3)c(C)nc2c1. The number of hydrogen-bond donors (Lipinski definition) is 0. The van der Waals surface area contributed by atoms with E-state index in [0.717, 1.165) is 11.3 Å². The van der Waals surface area contributed by atoms with Crippen LogP contribution in [0.5, 0.6) is 0 Å². The van der Waals surface area contributed by atoms with E-state index in [1.165, 1.54) is 7.11 Å². The summed E-state index contributed by atoms with van der Waals surface area (Å²) < 4.78 is 4.72. The predicted octanol–water partition coefficient (Wildman–Crippen LogP) is 3.12. The number of benzene rings is 2. The quantitative estimate of drug-likeness (QED) is 0.512. The van der Waals surface area contributed by atoms with Gasteiger partial charge >= 0.3 is 5.97 Å². The minimum atomic E-state index is -0.390. The number of fused-ring (bicyclic) bond motifs is 1. The van der Waals surface area contributed by atoms with E-state index in [1.807, 2.05) is 37.3 Å². The van der Waals surface area contributed by atoms with Gasteiger partial charge in [0.1, 0.15) is 5.69 Å². The van der Waals surface area contributed by atoms with E-state index >= 15 is 0 Å². The Labute approximate surface area is 134 Å². The Balaban J connectivity index is 2.02. The highest BCUT2D eigenvalue weighted by Crippen LogP contribution is 2.15. The number of hydrogen-bond acceptors (Lipinski definition) is 4. The number of aryl methyl sites for hydroxylation is 1. The van der Waals surface area contributed by atoms with Crippen LogP contribution < -0.4 is 0 Å². The Morgan fingerprint density at radius 2 is 1.78 bits per heavy atom. The Hall–Kier alpha value is -3.19. The second kappa shape index (κ2) is 6.29. The number of nitrogens with zero attached hydrogens (tertiary/aromatic N) is 2.